The summed E-state index contributed by atoms with van der Waals surface area (Å²) >= 11 is 0. The highest BCUT2D eigenvalue weighted by molar-refractivity contribution is 5.88. The summed E-state index contributed by atoms with van der Waals surface area (Å²) in [5, 5.41) is 0. The Labute approximate surface area is 156 Å². The molecular formula is C21H30N2O3. The lowest BCUT2D eigenvalue weighted by Crippen LogP contribution is -2.60. The molecule has 0 bridgehead atoms. The molecule has 2 aliphatic heterocycles. The lowest BCUT2D eigenvalue weighted by atomic mass is 9.85. The first-order valence-electron chi connectivity index (χ1n) is 10.0. The van der Waals surface area contributed by atoms with Crippen molar-refractivity contribution in [3.8, 4) is 11.5 Å². The summed E-state index contributed by atoms with van der Waals surface area (Å²) in [5.74, 6) is 1.94. The molecule has 1 aromatic carbocycles. The maximum absolute atomic E-state index is 13.3. The Morgan fingerprint density at radius 3 is 2.62 bits per heavy atom. The number of piperidine rings is 1. The topological polar surface area (TPSA) is 42.0 Å². The number of likely N-dealkylation sites (tertiary alicyclic amines) is 2. The Morgan fingerprint density at radius 1 is 1.15 bits per heavy atom. The zero-order valence-corrected chi connectivity index (χ0v) is 16.0. The summed E-state index contributed by atoms with van der Waals surface area (Å²) in [4.78, 5) is 17.9. The SMILES string of the molecule is CCOc1ccc(CN2CCCC23CCCN(C2CC2)C3=O)cc1OC. The molecule has 0 radical (unpaired) electrons. The molecule has 1 unspecified atom stereocenters. The van der Waals surface area contributed by atoms with E-state index in [0.717, 1.165) is 56.8 Å². The van der Waals surface area contributed by atoms with Gasteiger partial charge in [-0.25, -0.2) is 0 Å². The van der Waals surface area contributed by atoms with Gasteiger partial charge in [-0.05, 0) is 69.7 Å². The molecule has 3 aliphatic rings. The molecule has 142 valence electrons. The number of nitrogens with zero attached hydrogens (tertiary/aromatic N) is 2. The molecule has 4 rings (SSSR count). The molecule has 1 atom stereocenters. The van der Waals surface area contributed by atoms with Gasteiger partial charge < -0.3 is 14.4 Å². The third-order valence-corrected chi connectivity index (χ3v) is 6.16. The van der Waals surface area contributed by atoms with Gasteiger partial charge in [-0.15, -0.1) is 0 Å². The van der Waals surface area contributed by atoms with E-state index in [9.17, 15) is 4.79 Å². The molecule has 2 heterocycles. The van der Waals surface area contributed by atoms with Crippen LogP contribution in [0.15, 0.2) is 18.2 Å². The van der Waals surface area contributed by atoms with Crippen molar-refractivity contribution in [3.63, 3.8) is 0 Å². The van der Waals surface area contributed by atoms with Gasteiger partial charge in [0.2, 0.25) is 5.91 Å². The number of benzene rings is 1. The Kier molecular flexibility index (Phi) is 4.82. The number of rotatable bonds is 6. The van der Waals surface area contributed by atoms with Gasteiger partial charge in [0.15, 0.2) is 11.5 Å². The van der Waals surface area contributed by atoms with Crippen LogP contribution < -0.4 is 9.47 Å². The number of ether oxygens (including phenoxy) is 2. The summed E-state index contributed by atoms with van der Waals surface area (Å²) in [6, 6.07) is 6.67. The summed E-state index contributed by atoms with van der Waals surface area (Å²) in [7, 11) is 1.68. The fourth-order valence-electron chi connectivity index (χ4n) is 4.75. The van der Waals surface area contributed by atoms with Crippen LogP contribution in [-0.2, 0) is 11.3 Å². The molecular weight excluding hydrogens is 328 g/mol. The first-order valence-corrected chi connectivity index (χ1v) is 10.0. The molecule has 1 aliphatic carbocycles. The Balaban J connectivity index is 1.54. The number of hydrogen-bond donors (Lipinski definition) is 0. The predicted octanol–water partition coefficient (Wildman–Crippen LogP) is 3.21. The lowest BCUT2D eigenvalue weighted by Gasteiger charge is -2.45. The average Bonchev–Trinajstić information content (AvgIpc) is 3.42. The number of amides is 1. The molecule has 1 amide bonds. The van der Waals surface area contributed by atoms with Crippen LogP contribution in [0.1, 0.15) is 51.0 Å². The van der Waals surface area contributed by atoms with Crippen molar-refractivity contribution in [3.05, 3.63) is 23.8 Å². The van der Waals surface area contributed by atoms with Crippen LogP contribution in [0.3, 0.4) is 0 Å². The maximum atomic E-state index is 13.3. The van der Waals surface area contributed by atoms with Crippen molar-refractivity contribution < 1.29 is 14.3 Å². The van der Waals surface area contributed by atoms with E-state index in [-0.39, 0.29) is 5.54 Å². The Morgan fingerprint density at radius 2 is 1.92 bits per heavy atom. The minimum absolute atomic E-state index is 0.271. The molecule has 3 fully saturated rings. The molecule has 1 spiro atoms. The van der Waals surface area contributed by atoms with E-state index < -0.39 is 0 Å². The second-order valence-electron chi connectivity index (χ2n) is 7.81. The molecule has 5 heteroatoms. The number of carbonyl (C=O) groups is 1. The minimum atomic E-state index is -0.271. The second-order valence-corrected chi connectivity index (χ2v) is 7.81. The van der Waals surface area contributed by atoms with Crippen LogP contribution in [0.25, 0.3) is 0 Å². The van der Waals surface area contributed by atoms with Gasteiger partial charge in [-0.3, -0.25) is 9.69 Å². The fraction of sp³-hybridized carbons (Fsp3) is 0.667. The summed E-state index contributed by atoms with van der Waals surface area (Å²) < 4.78 is 11.1. The number of hydrogen-bond acceptors (Lipinski definition) is 4. The van der Waals surface area contributed by atoms with Gasteiger partial charge in [0.05, 0.1) is 13.7 Å². The largest absolute Gasteiger partial charge is 0.493 e. The predicted molar refractivity (Wildman–Crippen MR) is 101 cm³/mol. The van der Waals surface area contributed by atoms with Crippen molar-refractivity contribution in [1.82, 2.24) is 9.80 Å². The van der Waals surface area contributed by atoms with Gasteiger partial charge in [0.1, 0.15) is 5.54 Å². The second kappa shape index (κ2) is 7.10. The van der Waals surface area contributed by atoms with E-state index in [0.29, 0.717) is 18.6 Å². The van der Waals surface area contributed by atoms with E-state index in [4.69, 9.17) is 9.47 Å². The third-order valence-electron chi connectivity index (χ3n) is 6.16. The minimum Gasteiger partial charge on any atom is -0.493 e. The zero-order valence-electron chi connectivity index (χ0n) is 16.0. The van der Waals surface area contributed by atoms with Crippen LogP contribution in [0.5, 0.6) is 11.5 Å². The Hall–Kier alpha value is -1.75. The van der Waals surface area contributed by atoms with E-state index >= 15 is 0 Å². The van der Waals surface area contributed by atoms with E-state index in [2.05, 4.69) is 21.9 Å². The van der Waals surface area contributed by atoms with Gasteiger partial charge in [0.25, 0.3) is 0 Å². The molecule has 2 saturated heterocycles. The van der Waals surface area contributed by atoms with Gasteiger partial charge in [-0.2, -0.15) is 0 Å². The lowest BCUT2D eigenvalue weighted by molar-refractivity contribution is -0.148. The molecule has 26 heavy (non-hydrogen) atoms. The van der Waals surface area contributed by atoms with Crippen molar-refractivity contribution >= 4 is 5.91 Å². The Bertz CT molecular complexity index is 673. The van der Waals surface area contributed by atoms with E-state index in [1.54, 1.807) is 7.11 Å². The quantitative estimate of drug-likeness (QED) is 0.783. The standard InChI is InChI=1S/C21H30N2O3/c1-3-26-18-9-6-16(14-19(18)25-2)15-22-12-4-10-21(22)11-5-13-23(20(21)24)17-7-8-17/h6,9,14,17H,3-5,7-8,10-13,15H2,1-2H3. The fourth-order valence-corrected chi connectivity index (χ4v) is 4.75. The highest BCUT2D eigenvalue weighted by atomic mass is 16.5. The summed E-state index contributed by atoms with van der Waals surface area (Å²) in [6.45, 7) is 5.35. The van der Waals surface area contributed by atoms with Crippen molar-refractivity contribution in [1.29, 1.82) is 0 Å². The van der Waals surface area contributed by atoms with Crippen LogP contribution >= 0.6 is 0 Å². The molecule has 5 nitrogen and oxygen atoms in total. The van der Waals surface area contributed by atoms with Crippen molar-refractivity contribution in [2.75, 3.05) is 26.8 Å². The first-order chi connectivity index (χ1) is 12.7. The molecule has 0 N–H and O–H groups in total. The highest BCUT2D eigenvalue weighted by Gasteiger charge is 2.52. The highest BCUT2D eigenvalue weighted by Crippen LogP contribution is 2.42. The van der Waals surface area contributed by atoms with Crippen LogP contribution in [0, 0.1) is 0 Å². The van der Waals surface area contributed by atoms with Crippen LogP contribution in [-0.4, -0.2) is 54.1 Å². The van der Waals surface area contributed by atoms with E-state index in [1.807, 2.05) is 13.0 Å². The third kappa shape index (κ3) is 3.07. The molecule has 1 aromatic rings. The van der Waals surface area contributed by atoms with Crippen molar-refractivity contribution in [2.45, 2.75) is 63.6 Å². The smallest absolute Gasteiger partial charge is 0.243 e. The molecule has 1 saturated carbocycles. The van der Waals surface area contributed by atoms with Crippen LogP contribution in [0.2, 0.25) is 0 Å². The zero-order chi connectivity index (χ0) is 18.1. The normalized spacial score (nSPS) is 26.5. The van der Waals surface area contributed by atoms with Gasteiger partial charge >= 0.3 is 0 Å². The number of methoxy groups -OCH3 is 1. The monoisotopic (exact) mass is 358 g/mol. The van der Waals surface area contributed by atoms with Crippen LogP contribution in [0.4, 0.5) is 0 Å². The number of carbonyl (C=O) groups excluding carboxylic acids is 1. The van der Waals surface area contributed by atoms with Crippen molar-refractivity contribution in [2.24, 2.45) is 0 Å². The maximum Gasteiger partial charge on any atom is 0.243 e. The first kappa shape index (κ1) is 17.7. The van der Waals surface area contributed by atoms with Gasteiger partial charge in [-0.1, -0.05) is 6.07 Å². The van der Waals surface area contributed by atoms with E-state index in [1.165, 1.54) is 18.4 Å². The average molecular weight is 358 g/mol. The summed E-state index contributed by atoms with van der Waals surface area (Å²) in [6.07, 6.45) is 6.63. The molecule has 0 aromatic heterocycles. The summed E-state index contributed by atoms with van der Waals surface area (Å²) in [5.41, 5.74) is 0.912. The van der Waals surface area contributed by atoms with Gasteiger partial charge in [0, 0.05) is 19.1 Å².